The third-order valence-electron chi connectivity index (χ3n) is 6.84. The fraction of sp³-hybridized carbons (Fsp3) is 0.433. The Bertz CT molecular complexity index is 1440. The molecule has 0 aliphatic carbocycles. The highest BCUT2D eigenvalue weighted by molar-refractivity contribution is 5.95. The Balaban J connectivity index is 1.57. The molecule has 0 spiro atoms. The number of hydrogen-bond acceptors (Lipinski definition) is 5. The highest BCUT2D eigenvalue weighted by Crippen LogP contribution is 2.32. The molecular weight excluding hydrogens is 538 g/mol. The number of likely N-dealkylation sites (tertiary alicyclic amines) is 1. The number of aromatic nitrogens is 1. The number of methoxy groups -OCH3 is 1. The van der Waals surface area contributed by atoms with Gasteiger partial charge in [0.25, 0.3) is 5.91 Å². The minimum Gasteiger partial charge on any atom is -0.495 e. The van der Waals surface area contributed by atoms with Crippen molar-refractivity contribution in [3.8, 4) is 17.6 Å². The van der Waals surface area contributed by atoms with Gasteiger partial charge in [-0.2, -0.15) is 13.2 Å². The number of alkyl halides is 4. The van der Waals surface area contributed by atoms with Crippen molar-refractivity contribution in [2.45, 2.75) is 51.2 Å². The predicted molar refractivity (Wildman–Crippen MR) is 153 cm³/mol. The Kier molecular flexibility index (Phi) is 9.33. The van der Waals surface area contributed by atoms with Crippen molar-refractivity contribution in [2.24, 2.45) is 0 Å². The summed E-state index contributed by atoms with van der Waals surface area (Å²) in [6.07, 6.45) is -4.97. The molecule has 3 aromatic rings. The van der Waals surface area contributed by atoms with E-state index in [1.807, 2.05) is 25.8 Å². The summed E-state index contributed by atoms with van der Waals surface area (Å²) in [5, 5.41) is 9.69. The Morgan fingerprint density at radius 3 is 2.63 bits per heavy atom. The van der Waals surface area contributed by atoms with E-state index in [-0.39, 0.29) is 24.2 Å². The van der Waals surface area contributed by atoms with Gasteiger partial charge in [-0.25, -0.2) is 4.39 Å². The van der Waals surface area contributed by atoms with Crippen LogP contribution in [0, 0.1) is 11.8 Å². The first kappa shape index (κ1) is 30.1. The smallest absolute Gasteiger partial charge is 0.406 e. The zero-order valence-electron chi connectivity index (χ0n) is 23.5. The molecule has 4 rings (SSSR count). The highest BCUT2D eigenvalue weighted by Gasteiger charge is 2.31. The first-order valence-corrected chi connectivity index (χ1v) is 13.4. The van der Waals surface area contributed by atoms with Gasteiger partial charge in [0.1, 0.15) is 18.5 Å². The fourth-order valence-electron chi connectivity index (χ4n) is 4.88. The standard InChI is InChI=1S/C30H35F4N5O2/c1-19(2)36-29(40)20-10-11-26(28(15-20)41-4)35-13-6-7-21-16-22-24(37-25-12-14-38(3)17-23(25)31)8-5-9-27(22)39(21)18-30(32,33)34/h5,8-11,15-16,19,23,25,35,37H,12-14,17-18H2,1-4H3,(H,36,40)/t23-,25?/m1/s1. The van der Waals surface area contributed by atoms with Crippen molar-refractivity contribution in [3.05, 3.63) is 53.7 Å². The average Bonchev–Trinajstić information content (AvgIpc) is 3.24. The number of hydrogen-bond donors (Lipinski definition) is 3. The van der Waals surface area contributed by atoms with Crippen LogP contribution in [0.25, 0.3) is 10.9 Å². The number of anilines is 2. The van der Waals surface area contributed by atoms with E-state index >= 15 is 0 Å². The highest BCUT2D eigenvalue weighted by atomic mass is 19.4. The van der Waals surface area contributed by atoms with Crippen molar-refractivity contribution in [2.75, 3.05) is 44.4 Å². The van der Waals surface area contributed by atoms with E-state index < -0.39 is 24.9 Å². The molecule has 2 aromatic carbocycles. The molecule has 220 valence electrons. The molecule has 2 heterocycles. The molecule has 1 unspecified atom stereocenters. The van der Waals surface area contributed by atoms with Crippen LogP contribution in [0.2, 0.25) is 0 Å². The molecule has 0 bridgehead atoms. The number of rotatable bonds is 8. The Labute approximate surface area is 237 Å². The maximum absolute atomic E-state index is 14.7. The van der Waals surface area contributed by atoms with E-state index in [9.17, 15) is 22.4 Å². The number of amides is 1. The van der Waals surface area contributed by atoms with Crippen molar-refractivity contribution < 1.29 is 27.1 Å². The molecule has 3 N–H and O–H groups in total. The number of ether oxygens (including phenoxy) is 1. The Hall–Kier alpha value is -3.91. The minimum absolute atomic E-state index is 0.0174. The lowest BCUT2D eigenvalue weighted by atomic mass is 10.0. The summed E-state index contributed by atoms with van der Waals surface area (Å²) in [5.74, 6) is 5.97. The summed E-state index contributed by atoms with van der Waals surface area (Å²) in [4.78, 5) is 14.2. The molecule has 11 heteroatoms. The number of nitrogens with zero attached hydrogens (tertiary/aromatic N) is 2. The van der Waals surface area contributed by atoms with E-state index in [2.05, 4.69) is 27.8 Å². The number of carbonyl (C=O) groups excluding carboxylic acids is 1. The number of fused-ring (bicyclic) bond motifs is 1. The second-order valence-corrected chi connectivity index (χ2v) is 10.5. The number of halogens is 4. The second-order valence-electron chi connectivity index (χ2n) is 10.5. The van der Waals surface area contributed by atoms with Crippen LogP contribution in [0.1, 0.15) is 36.3 Å². The lowest BCUT2D eigenvalue weighted by Crippen LogP contribution is -2.46. The van der Waals surface area contributed by atoms with Crippen LogP contribution in [0.3, 0.4) is 0 Å². The first-order valence-electron chi connectivity index (χ1n) is 13.4. The van der Waals surface area contributed by atoms with Gasteiger partial charge in [0.05, 0.1) is 36.6 Å². The molecule has 1 aliphatic heterocycles. The monoisotopic (exact) mass is 573 g/mol. The number of piperidine rings is 1. The van der Waals surface area contributed by atoms with Crippen LogP contribution >= 0.6 is 0 Å². The first-order chi connectivity index (χ1) is 19.4. The summed E-state index contributed by atoms with van der Waals surface area (Å²) in [6.45, 7) is 3.67. The summed E-state index contributed by atoms with van der Waals surface area (Å²) in [5.41, 5.74) is 2.16. The normalized spacial score (nSPS) is 17.7. The van der Waals surface area contributed by atoms with Crippen molar-refractivity contribution in [3.63, 3.8) is 0 Å². The summed E-state index contributed by atoms with van der Waals surface area (Å²) in [7, 11) is 3.34. The van der Waals surface area contributed by atoms with Gasteiger partial charge in [0.2, 0.25) is 0 Å². The molecule has 1 saturated heterocycles. The van der Waals surface area contributed by atoms with E-state index in [1.165, 1.54) is 7.11 Å². The Morgan fingerprint density at radius 2 is 1.95 bits per heavy atom. The molecule has 41 heavy (non-hydrogen) atoms. The van der Waals surface area contributed by atoms with E-state index in [0.29, 0.717) is 46.6 Å². The maximum Gasteiger partial charge on any atom is 0.406 e. The third kappa shape index (κ3) is 7.64. The van der Waals surface area contributed by atoms with Crippen molar-refractivity contribution >= 4 is 28.2 Å². The van der Waals surface area contributed by atoms with Gasteiger partial charge in [-0.3, -0.25) is 4.79 Å². The van der Waals surface area contributed by atoms with Crippen LogP contribution in [-0.2, 0) is 6.54 Å². The van der Waals surface area contributed by atoms with Crippen LogP contribution in [0.15, 0.2) is 42.5 Å². The van der Waals surface area contributed by atoms with Gasteiger partial charge in [-0.15, -0.1) is 0 Å². The number of nitrogens with one attached hydrogen (secondary N) is 3. The molecule has 1 aliphatic rings. The van der Waals surface area contributed by atoms with Gasteiger partial charge in [0, 0.05) is 35.8 Å². The zero-order valence-corrected chi connectivity index (χ0v) is 23.5. The summed E-state index contributed by atoms with van der Waals surface area (Å²) < 4.78 is 61.9. The SMILES string of the molecule is COc1cc(C(=O)NC(C)C)ccc1NCC#Cc1cc2c(NC3CCN(C)C[C@H]3F)cccc2n1CC(F)(F)F. The third-order valence-corrected chi connectivity index (χ3v) is 6.84. The molecule has 7 nitrogen and oxygen atoms in total. The van der Waals surface area contributed by atoms with Crippen LogP contribution in [-0.4, -0.2) is 73.6 Å². The summed E-state index contributed by atoms with van der Waals surface area (Å²) in [6, 6.07) is 11.1. The molecule has 0 radical (unpaired) electrons. The van der Waals surface area contributed by atoms with Gasteiger partial charge >= 0.3 is 6.18 Å². The van der Waals surface area contributed by atoms with Gasteiger partial charge in [0.15, 0.2) is 0 Å². The van der Waals surface area contributed by atoms with Gasteiger partial charge < -0.3 is 30.2 Å². The predicted octanol–water partition coefficient (Wildman–Crippen LogP) is 5.27. The largest absolute Gasteiger partial charge is 0.495 e. The lowest BCUT2D eigenvalue weighted by Gasteiger charge is -2.33. The molecule has 1 aromatic heterocycles. The zero-order chi connectivity index (χ0) is 29.7. The van der Waals surface area contributed by atoms with Crippen LogP contribution in [0.4, 0.5) is 28.9 Å². The Morgan fingerprint density at radius 1 is 1.17 bits per heavy atom. The van der Waals surface area contributed by atoms with E-state index in [4.69, 9.17) is 4.74 Å². The average molecular weight is 574 g/mol. The molecule has 0 saturated carbocycles. The van der Waals surface area contributed by atoms with Crippen molar-refractivity contribution in [1.82, 2.24) is 14.8 Å². The molecule has 1 fully saturated rings. The van der Waals surface area contributed by atoms with Gasteiger partial charge in [-0.05, 0) is 69.6 Å². The quantitative estimate of drug-likeness (QED) is 0.253. The second kappa shape index (κ2) is 12.7. The number of carbonyl (C=O) groups is 1. The molecule has 2 atom stereocenters. The maximum atomic E-state index is 14.7. The van der Waals surface area contributed by atoms with E-state index in [0.717, 1.165) is 11.1 Å². The molecule has 1 amide bonds. The fourth-order valence-corrected chi connectivity index (χ4v) is 4.88. The topological polar surface area (TPSA) is 70.6 Å². The molecular formula is C30H35F4N5O2. The van der Waals surface area contributed by atoms with E-state index in [1.54, 1.807) is 42.5 Å². The van der Waals surface area contributed by atoms with Crippen LogP contribution < -0.4 is 20.7 Å². The lowest BCUT2D eigenvalue weighted by molar-refractivity contribution is -0.140. The minimum atomic E-state index is -4.46. The van der Waals surface area contributed by atoms with Gasteiger partial charge in [-0.1, -0.05) is 12.0 Å². The number of benzene rings is 2. The summed E-state index contributed by atoms with van der Waals surface area (Å²) >= 11 is 0. The van der Waals surface area contributed by atoms with Crippen LogP contribution in [0.5, 0.6) is 5.75 Å². The van der Waals surface area contributed by atoms with Crippen molar-refractivity contribution in [1.29, 1.82) is 0 Å².